The van der Waals surface area contributed by atoms with Crippen LogP contribution in [0.5, 0.6) is 5.75 Å². The largest absolute Gasteiger partial charge is 0.496 e. The molecule has 0 bridgehead atoms. The molecule has 1 amide bonds. The number of ether oxygens (including phenoxy) is 1. The second kappa shape index (κ2) is 8.66. The average Bonchev–Trinajstić information content (AvgIpc) is 3.41. The quantitative estimate of drug-likeness (QED) is 0.635. The number of amides is 1. The molecule has 0 radical (unpaired) electrons. The van der Waals surface area contributed by atoms with Crippen molar-refractivity contribution >= 4 is 11.6 Å². The molecule has 3 aromatic rings. The van der Waals surface area contributed by atoms with Gasteiger partial charge in [-0.15, -0.1) is 0 Å². The van der Waals surface area contributed by atoms with Gasteiger partial charge < -0.3 is 19.9 Å². The predicted octanol–water partition coefficient (Wildman–Crippen LogP) is 4.41. The van der Waals surface area contributed by atoms with Crippen molar-refractivity contribution in [3.63, 3.8) is 0 Å². The Bertz CT molecular complexity index is 1030. The highest BCUT2D eigenvalue weighted by molar-refractivity contribution is 5.95. The third kappa shape index (κ3) is 3.92. The highest BCUT2D eigenvalue weighted by atomic mass is 16.5. The summed E-state index contributed by atoms with van der Waals surface area (Å²) in [6, 6.07) is 18.6. The molecule has 2 N–H and O–H groups in total. The molecule has 0 aliphatic carbocycles. The first-order chi connectivity index (χ1) is 14.6. The number of nitrogens with zero attached hydrogens (tertiary/aromatic N) is 2. The van der Waals surface area contributed by atoms with Gasteiger partial charge in [-0.05, 0) is 61.6 Å². The summed E-state index contributed by atoms with van der Waals surface area (Å²) in [4.78, 5) is 14.4. The van der Waals surface area contributed by atoms with E-state index in [1.54, 1.807) is 7.11 Å². The van der Waals surface area contributed by atoms with Crippen molar-refractivity contribution in [2.45, 2.75) is 32.7 Å². The summed E-state index contributed by atoms with van der Waals surface area (Å²) >= 11 is 0. The zero-order valence-corrected chi connectivity index (χ0v) is 17.7. The number of anilines is 1. The number of benzene rings is 2. The zero-order valence-electron chi connectivity index (χ0n) is 17.7. The number of aromatic nitrogens is 1. The summed E-state index contributed by atoms with van der Waals surface area (Å²) in [5.74, 6) is 0.493. The molecule has 2 aromatic carbocycles. The van der Waals surface area contributed by atoms with E-state index in [9.17, 15) is 4.79 Å². The zero-order chi connectivity index (χ0) is 21.1. The second-order valence-electron chi connectivity index (χ2n) is 7.85. The van der Waals surface area contributed by atoms with Crippen molar-refractivity contribution in [3.05, 3.63) is 71.4 Å². The number of aryl methyl sites for hydroxylation is 1. The van der Waals surface area contributed by atoms with Crippen LogP contribution in [-0.2, 0) is 13.0 Å². The lowest BCUT2D eigenvalue weighted by molar-refractivity contribution is 0.0999. The average molecular weight is 404 g/mol. The number of para-hydroxylation sites is 1. The van der Waals surface area contributed by atoms with Crippen LogP contribution in [0.25, 0.3) is 11.3 Å². The monoisotopic (exact) mass is 403 g/mol. The number of hydrogen-bond donors (Lipinski definition) is 1. The van der Waals surface area contributed by atoms with Crippen LogP contribution in [0.4, 0.5) is 5.69 Å². The lowest BCUT2D eigenvalue weighted by Gasteiger charge is -2.18. The Labute approximate surface area is 178 Å². The fourth-order valence-corrected chi connectivity index (χ4v) is 4.38. The topological polar surface area (TPSA) is 60.5 Å². The SMILES string of the molecule is COc1ccccc1CCn1c(-c2ccc(N3CCCC3)cc2)cc(C(N)=O)c1C. The van der Waals surface area contributed by atoms with Crippen molar-refractivity contribution in [2.75, 3.05) is 25.1 Å². The molecular formula is C25H29N3O2. The highest BCUT2D eigenvalue weighted by Crippen LogP contribution is 2.30. The molecule has 30 heavy (non-hydrogen) atoms. The van der Waals surface area contributed by atoms with E-state index in [1.165, 1.54) is 18.5 Å². The summed E-state index contributed by atoms with van der Waals surface area (Å²) in [6.45, 7) is 4.95. The van der Waals surface area contributed by atoms with Crippen molar-refractivity contribution in [1.82, 2.24) is 4.57 Å². The van der Waals surface area contributed by atoms with Crippen LogP contribution >= 0.6 is 0 Å². The molecule has 156 valence electrons. The lowest BCUT2D eigenvalue weighted by Crippen LogP contribution is -2.17. The van der Waals surface area contributed by atoms with E-state index >= 15 is 0 Å². The minimum Gasteiger partial charge on any atom is -0.496 e. The van der Waals surface area contributed by atoms with E-state index in [2.05, 4.69) is 39.8 Å². The third-order valence-corrected chi connectivity index (χ3v) is 6.06. The number of hydrogen-bond acceptors (Lipinski definition) is 3. The Kier molecular flexibility index (Phi) is 5.79. The van der Waals surface area contributed by atoms with Crippen LogP contribution in [0, 0.1) is 6.92 Å². The number of methoxy groups -OCH3 is 1. The molecule has 1 saturated heterocycles. The first kappa shape index (κ1) is 20.1. The number of carbonyl (C=O) groups excluding carboxylic acids is 1. The summed E-state index contributed by atoms with van der Waals surface area (Å²) in [7, 11) is 1.69. The van der Waals surface area contributed by atoms with Crippen molar-refractivity contribution < 1.29 is 9.53 Å². The van der Waals surface area contributed by atoms with Crippen molar-refractivity contribution in [1.29, 1.82) is 0 Å². The van der Waals surface area contributed by atoms with Gasteiger partial charge >= 0.3 is 0 Å². The smallest absolute Gasteiger partial charge is 0.250 e. The second-order valence-corrected chi connectivity index (χ2v) is 7.85. The Morgan fingerprint density at radius 2 is 1.77 bits per heavy atom. The first-order valence-corrected chi connectivity index (χ1v) is 10.6. The predicted molar refractivity (Wildman–Crippen MR) is 121 cm³/mol. The van der Waals surface area contributed by atoms with E-state index in [0.717, 1.165) is 54.3 Å². The van der Waals surface area contributed by atoms with Gasteiger partial charge in [-0.25, -0.2) is 0 Å². The molecule has 0 atom stereocenters. The van der Waals surface area contributed by atoms with Gasteiger partial charge in [0.1, 0.15) is 5.75 Å². The number of rotatable bonds is 7. The first-order valence-electron chi connectivity index (χ1n) is 10.6. The molecule has 1 aliphatic heterocycles. The maximum absolute atomic E-state index is 12.0. The summed E-state index contributed by atoms with van der Waals surface area (Å²) in [5.41, 5.74) is 11.6. The molecule has 2 heterocycles. The standard InChI is InChI=1S/C25H29N3O2/c1-18-22(25(26)29)17-23(19-9-11-21(12-10-19)27-14-5-6-15-27)28(18)16-13-20-7-3-4-8-24(20)30-2/h3-4,7-12,17H,5-6,13-16H2,1-2H3,(H2,26,29). The van der Waals surface area contributed by atoms with Gasteiger partial charge in [-0.2, -0.15) is 0 Å². The molecule has 1 aromatic heterocycles. The molecular weight excluding hydrogens is 374 g/mol. The Hall–Kier alpha value is -3.21. The van der Waals surface area contributed by atoms with Crippen LogP contribution in [0.2, 0.25) is 0 Å². The summed E-state index contributed by atoms with van der Waals surface area (Å²) in [5, 5.41) is 0. The van der Waals surface area contributed by atoms with Crippen LogP contribution in [0.3, 0.4) is 0 Å². The lowest BCUT2D eigenvalue weighted by atomic mass is 10.1. The fraction of sp³-hybridized carbons (Fsp3) is 0.320. The minimum absolute atomic E-state index is 0.390. The van der Waals surface area contributed by atoms with Crippen LogP contribution in [0.1, 0.15) is 34.5 Å². The summed E-state index contributed by atoms with van der Waals surface area (Å²) in [6.07, 6.45) is 3.32. The molecule has 5 nitrogen and oxygen atoms in total. The van der Waals surface area contributed by atoms with E-state index < -0.39 is 5.91 Å². The summed E-state index contributed by atoms with van der Waals surface area (Å²) < 4.78 is 7.69. The molecule has 1 fully saturated rings. The Balaban J connectivity index is 1.65. The molecule has 1 aliphatic rings. The highest BCUT2D eigenvalue weighted by Gasteiger charge is 2.18. The van der Waals surface area contributed by atoms with Crippen LogP contribution < -0.4 is 15.4 Å². The number of nitrogens with two attached hydrogens (primary N) is 1. The third-order valence-electron chi connectivity index (χ3n) is 6.06. The van der Waals surface area contributed by atoms with Gasteiger partial charge in [0, 0.05) is 36.7 Å². The van der Waals surface area contributed by atoms with Gasteiger partial charge in [-0.1, -0.05) is 30.3 Å². The van der Waals surface area contributed by atoms with Crippen molar-refractivity contribution in [3.8, 4) is 17.0 Å². The molecule has 0 saturated carbocycles. The maximum Gasteiger partial charge on any atom is 0.250 e. The van der Waals surface area contributed by atoms with Gasteiger partial charge in [0.2, 0.25) is 0 Å². The van der Waals surface area contributed by atoms with Crippen LogP contribution in [0.15, 0.2) is 54.6 Å². The minimum atomic E-state index is -0.390. The Morgan fingerprint density at radius 1 is 1.07 bits per heavy atom. The normalized spacial score (nSPS) is 13.6. The Morgan fingerprint density at radius 3 is 2.43 bits per heavy atom. The molecule has 4 rings (SSSR count). The molecule has 5 heteroatoms. The van der Waals surface area contributed by atoms with Crippen molar-refractivity contribution in [2.24, 2.45) is 5.73 Å². The van der Waals surface area contributed by atoms with Gasteiger partial charge in [-0.3, -0.25) is 4.79 Å². The molecule has 0 spiro atoms. The van der Waals surface area contributed by atoms with E-state index in [4.69, 9.17) is 10.5 Å². The van der Waals surface area contributed by atoms with Gasteiger partial charge in [0.05, 0.1) is 12.7 Å². The van der Waals surface area contributed by atoms with E-state index in [0.29, 0.717) is 5.56 Å². The fourth-order valence-electron chi connectivity index (χ4n) is 4.38. The number of primary amides is 1. The van der Waals surface area contributed by atoms with E-state index in [-0.39, 0.29) is 0 Å². The van der Waals surface area contributed by atoms with Gasteiger partial charge in [0.25, 0.3) is 5.91 Å². The van der Waals surface area contributed by atoms with Crippen LogP contribution in [-0.4, -0.2) is 30.7 Å². The molecule has 0 unspecified atom stereocenters. The maximum atomic E-state index is 12.0. The number of carbonyl (C=O) groups is 1. The van der Waals surface area contributed by atoms with Gasteiger partial charge in [0.15, 0.2) is 0 Å². The van der Waals surface area contributed by atoms with E-state index in [1.807, 2.05) is 31.2 Å².